The first kappa shape index (κ1) is 29.3. The van der Waals surface area contributed by atoms with Crippen LogP contribution >= 0.6 is 0 Å². The fourth-order valence-corrected chi connectivity index (χ4v) is 8.63. The molecule has 2 heterocycles. The average molecular weight is 611 g/mol. The van der Waals surface area contributed by atoms with Crippen molar-refractivity contribution in [2.75, 3.05) is 19.6 Å². The molecule has 1 saturated heterocycles. The summed E-state index contributed by atoms with van der Waals surface area (Å²) >= 11 is 0. The van der Waals surface area contributed by atoms with Gasteiger partial charge in [0.15, 0.2) is 11.5 Å². The van der Waals surface area contributed by atoms with Crippen LogP contribution in [0.3, 0.4) is 0 Å². The third-order valence-electron chi connectivity index (χ3n) is 10.6. The van der Waals surface area contributed by atoms with Crippen molar-refractivity contribution in [2.24, 2.45) is 5.92 Å². The van der Waals surface area contributed by atoms with Gasteiger partial charge < -0.3 is 19.5 Å². The minimum Gasteiger partial charge on any atom is -0.483 e. The van der Waals surface area contributed by atoms with E-state index in [0.717, 1.165) is 36.3 Å². The van der Waals surface area contributed by atoms with Gasteiger partial charge in [0.1, 0.15) is 6.10 Å². The Morgan fingerprint density at radius 3 is 2.68 bits per heavy atom. The molecule has 2 bridgehead atoms. The summed E-state index contributed by atoms with van der Waals surface area (Å²) in [5, 5.41) is 12.8. The number of carbonyl (C=O) groups excluding carboxylic acids is 2. The van der Waals surface area contributed by atoms with Crippen molar-refractivity contribution >= 4 is 18.0 Å². The third-order valence-corrected chi connectivity index (χ3v) is 10.6. The Morgan fingerprint density at radius 2 is 1.98 bits per heavy atom. The summed E-state index contributed by atoms with van der Waals surface area (Å²) in [5.74, 6) is 0.654. The maximum Gasteiger partial charge on any atom is 0.416 e. The minimum atomic E-state index is -4.48. The van der Waals surface area contributed by atoms with Crippen LogP contribution in [-0.2, 0) is 27.6 Å². The molecule has 1 amide bonds. The summed E-state index contributed by atoms with van der Waals surface area (Å²) in [6.07, 6.45) is 2.39. The number of alkyl halides is 3. The molecule has 0 aromatic heterocycles. The topological polar surface area (TPSA) is 79.3 Å². The maximum absolute atomic E-state index is 13.7. The van der Waals surface area contributed by atoms with E-state index in [1.54, 1.807) is 11.0 Å². The van der Waals surface area contributed by atoms with E-state index in [0.29, 0.717) is 49.6 Å². The predicted molar refractivity (Wildman–Crippen MR) is 156 cm³/mol. The maximum atomic E-state index is 13.7. The van der Waals surface area contributed by atoms with E-state index in [-0.39, 0.29) is 17.5 Å². The van der Waals surface area contributed by atoms with E-state index >= 15 is 0 Å². The summed E-state index contributed by atoms with van der Waals surface area (Å²) in [6.45, 7) is 5.32. The van der Waals surface area contributed by atoms with Gasteiger partial charge in [-0.2, -0.15) is 13.2 Å². The molecular formula is C34H37F3N2O5. The summed E-state index contributed by atoms with van der Waals surface area (Å²) in [6, 6.07) is 8.13. The molecule has 3 aliphatic carbocycles. The van der Waals surface area contributed by atoms with Crippen molar-refractivity contribution in [3.05, 3.63) is 64.7 Å². The molecule has 7 nitrogen and oxygen atoms in total. The van der Waals surface area contributed by atoms with Crippen LogP contribution in [0.25, 0.3) is 6.08 Å². The number of hydrogen-bond acceptors (Lipinski definition) is 6. The number of likely N-dealkylation sites (N-methyl/N-ethyl adjacent to an activating group) is 1. The monoisotopic (exact) mass is 610 g/mol. The largest absolute Gasteiger partial charge is 0.483 e. The second-order valence-electron chi connectivity index (χ2n) is 13.0. The number of carbonyl (C=O) groups is 2. The van der Waals surface area contributed by atoms with E-state index in [2.05, 4.69) is 4.90 Å². The summed E-state index contributed by atoms with van der Waals surface area (Å²) in [7, 11) is 0. The highest BCUT2D eigenvalue weighted by molar-refractivity contribution is 5.92. The van der Waals surface area contributed by atoms with Crippen molar-refractivity contribution in [2.45, 2.75) is 87.8 Å². The molecular weight excluding hydrogens is 573 g/mol. The third kappa shape index (κ3) is 4.47. The Kier molecular flexibility index (Phi) is 6.90. The van der Waals surface area contributed by atoms with Crippen molar-refractivity contribution in [1.29, 1.82) is 0 Å². The number of hydrogen-bond donors (Lipinski definition) is 1. The van der Waals surface area contributed by atoms with Crippen molar-refractivity contribution < 1.29 is 37.3 Å². The molecule has 7 rings (SSSR count). The first-order valence-electron chi connectivity index (χ1n) is 15.6. The molecule has 44 heavy (non-hydrogen) atoms. The van der Waals surface area contributed by atoms with Crippen LogP contribution in [0.4, 0.5) is 13.2 Å². The van der Waals surface area contributed by atoms with Gasteiger partial charge in [0.25, 0.3) is 0 Å². The average Bonchev–Trinajstić information content (AvgIpc) is 3.72. The number of aliphatic hydroxyl groups is 1. The van der Waals surface area contributed by atoms with E-state index in [4.69, 9.17) is 9.47 Å². The van der Waals surface area contributed by atoms with Crippen LogP contribution in [-0.4, -0.2) is 70.2 Å². The zero-order chi connectivity index (χ0) is 31.0. The van der Waals surface area contributed by atoms with Gasteiger partial charge in [0.05, 0.1) is 22.6 Å². The van der Waals surface area contributed by atoms with Gasteiger partial charge in [-0.1, -0.05) is 18.2 Å². The molecule has 0 radical (unpaired) electrons. The number of esters is 1. The molecule has 2 aromatic rings. The molecule has 5 atom stereocenters. The van der Waals surface area contributed by atoms with Crippen LogP contribution in [0.2, 0.25) is 0 Å². The Balaban J connectivity index is 1.25. The highest BCUT2D eigenvalue weighted by Gasteiger charge is 2.73. The normalized spacial score (nSPS) is 30.5. The van der Waals surface area contributed by atoms with Gasteiger partial charge in [-0.05, 0) is 93.3 Å². The highest BCUT2D eigenvalue weighted by atomic mass is 19.4. The van der Waals surface area contributed by atoms with Gasteiger partial charge >= 0.3 is 12.1 Å². The van der Waals surface area contributed by atoms with Gasteiger partial charge in [-0.3, -0.25) is 14.5 Å². The number of likely N-dealkylation sites (tertiary alicyclic amines) is 1. The van der Waals surface area contributed by atoms with E-state index < -0.39 is 40.9 Å². The number of halogens is 3. The summed E-state index contributed by atoms with van der Waals surface area (Å²) in [5.41, 5.74) is -0.407. The van der Waals surface area contributed by atoms with E-state index in [1.165, 1.54) is 44.1 Å². The predicted octanol–water partition coefficient (Wildman–Crippen LogP) is 5.13. The van der Waals surface area contributed by atoms with Crippen LogP contribution in [0.5, 0.6) is 11.5 Å². The number of ether oxygens (including phenoxy) is 2. The summed E-state index contributed by atoms with van der Waals surface area (Å²) < 4.78 is 52.1. The molecule has 2 aliphatic heterocycles. The molecule has 10 heteroatoms. The van der Waals surface area contributed by atoms with Crippen LogP contribution in [0, 0.1) is 5.92 Å². The number of nitrogens with zero attached hydrogens (tertiary/aromatic N) is 2. The number of amides is 1. The first-order chi connectivity index (χ1) is 21.0. The summed E-state index contributed by atoms with van der Waals surface area (Å²) in [4.78, 5) is 29.9. The molecule has 1 N–H and O–H groups in total. The Labute approximate surface area is 254 Å². The fraction of sp³-hybridized carbons (Fsp3) is 0.529. The fourth-order valence-electron chi connectivity index (χ4n) is 8.63. The van der Waals surface area contributed by atoms with Gasteiger partial charge in [0.2, 0.25) is 5.91 Å². The zero-order valence-corrected chi connectivity index (χ0v) is 24.9. The molecule has 234 valence electrons. The molecule has 0 unspecified atom stereocenters. The lowest BCUT2D eigenvalue weighted by Crippen LogP contribution is -2.78. The van der Waals surface area contributed by atoms with Gasteiger partial charge in [-0.25, -0.2) is 0 Å². The lowest BCUT2D eigenvalue weighted by Gasteiger charge is -2.64. The number of piperidine rings is 1. The Bertz CT molecular complexity index is 1540. The molecule has 5 aliphatic rings. The Hall–Kier alpha value is -3.37. The second-order valence-corrected chi connectivity index (χ2v) is 13.0. The lowest BCUT2D eigenvalue weighted by atomic mass is 9.48. The van der Waals surface area contributed by atoms with Crippen molar-refractivity contribution in [1.82, 2.24) is 9.80 Å². The first-order valence-corrected chi connectivity index (χ1v) is 15.6. The van der Waals surface area contributed by atoms with Crippen LogP contribution in [0.15, 0.2) is 42.5 Å². The molecule has 1 spiro atoms. The van der Waals surface area contributed by atoms with Crippen LogP contribution in [0.1, 0.15) is 68.2 Å². The van der Waals surface area contributed by atoms with Crippen LogP contribution < -0.4 is 9.47 Å². The van der Waals surface area contributed by atoms with E-state index in [9.17, 15) is 27.9 Å². The van der Waals surface area contributed by atoms with Gasteiger partial charge in [-0.15, -0.1) is 0 Å². The highest BCUT2D eigenvalue weighted by Crippen LogP contribution is 2.66. The zero-order valence-electron chi connectivity index (χ0n) is 24.9. The lowest BCUT2D eigenvalue weighted by molar-refractivity contribution is -0.201. The molecule has 3 fully saturated rings. The standard InChI is InChI=1S/C34H37F3N2O5/c1-3-39(28(41)12-9-21-5-4-6-24(17-21)34(35,36)37)25-13-14-33(42)27-18-23-10-11-26(43-20(2)40)30-29(23)32(33,31(25)44-30)15-16-38(27)19-22-7-8-22/h4-6,9-12,17,22,25,27,31,42H,3,7-8,13-16,18-19H2,1-2H3/t25-,27+,31-,32-,33+/m0/s1. The smallest absolute Gasteiger partial charge is 0.416 e. The van der Waals surface area contributed by atoms with E-state index in [1.807, 2.05) is 13.0 Å². The SMILES string of the molecule is CCN(C(=O)C=Cc1cccc(C(F)(F)F)c1)[C@H]1CC[C@@]2(O)[C@H]3Cc4ccc(OC(C)=O)c5c4[C@@]2(CCN3CC2CC2)[C@H]1O5. The van der Waals surface area contributed by atoms with Crippen molar-refractivity contribution in [3.8, 4) is 11.5 Å². The molecule has 2 saturated carbocycles. The number of rotatable bonds is 7. The molecule has 2 aromatic carbocycles. The Morgan fingerprint density at radius 1 is 1.18 bits per heavy atom. The quantitative estimate of drug-likeness (QED) is 0.266. The van der Waals surface area contributed by atoms with Gasteiger partial charge in [0, 0.05) is 37.7 Å². The second kappa shape index (κ2) is 10.3. The number of benzene rings is 2. The minimum absolute atomic E-state index is 0.0893. The van der Waals surface area contributed by atoms with Crippen molar-refractivity contribution in [3.63, 3.8) is 0 Å².